The lowest BCUT2D eigenvalue weighted by molar-refractivity contribution is 0.411. The molecule has 0 amide bonds. The molecule has 2 saturated carbocycles. The van der Waals surface area contributed by atoms with E-state index in [1.165, 1.54) is 17.5 Å². The number of sulfonamides is 1. The van der Waals surface area contributed by atoms with E-state index in [-0.39, 0.29) is 11.2 Å². The molecule has 0 spiro atoms. The van der Waals surface area contributed by atoms with Gasteiger partial charge in [0.1, 0.15) is 0 Å². The van der Waals surface area contributed by atoms with E-state index in [0.29, 0.717) is 11.8 Å². The second-order valence-electron chi connectivity index (χ2n) is 6.06. The van der Waals surface area contributed by atoms with E-state index < -0.39 is 10.0 Å². The highest BCUT2D eigenvalue weighted by molar-refractivity contribution is 7.93. The first kappa shape index (κ1) is 10.9. The lowest BCUT2D eigenvalue weighted by atomic mass is 9.81. The maximum Gasteiger partial charge on any atom is 0.236 e. The van der Waals surface area contributed by atoms with E-state index in [9.17, 15) is 8.42 Å². The third-order valence-corrected chi connectivity index (χ3v) is 6.92. The Balaban J connectivity index is 1.94. The molecule has 1 aromatic carbocycles. The molecule has 1 N–H and O–H groups in total. The van der Waals surface area contributed by atoms with Gasteiger partial charge in [-0.2, -0.15) is 0 Å². The molecule has 3 nitrogen and oxygen atoms in total. The molecule has 2 fully saturated rings. The molecular weight excluding hydrogens is 246 g/mol. The van der Waals surface area contributed by atoms with Crippen LogP contribution in [-0.4, -0.2) is 13.7 Å². The van der Waals surface area contributed by atoms with Crippen LogP contribution >= 0.6 is 0 Å². The first-order valence-corrected chi connectivity index (χ1v) is 8.23. The Kier molecular flexibility index (Phi) is 1.99. The van der Waals surface area contributed by atoms with E-state index in [1.54, 1.807) is 0 Å². The smallest absolute Gasteiger partial charge is 0.236 e. The SMILES string of the molecule is Cc1ccc2c(c1)[C@@H]1[C@@H]3CC[C@H](C3)[C@@H]1S(=O)(=O)N2. The van der Waals surface area contributed by atoms with E-state index in [2.05, 4.69) is 17.7 Å². The molecule has 0 radical (unpaired) electrons. The quantitative estimate of drug-likeness (QED) is 0.782. The molecule has 4 rings (SSSR count). The molecule has 2 bridgehead atoms. The topological polar surface area (TPSA) is 46.2 Å². The van der Waals surface area contributed by atoms with Crippen molar-refractivity contribution in [2.75, 3.05) is 4.72 Å². The maximum absolute atomic E-state index is 12.4. The van der Waals surface area contributed by atoms with Crippen LogP contribution in [0.1, 0.15) is 36.3 Å². The van der Waals surface area contributed by atoms with Crippen LogP contribution < -0.4 is 4.72 Å². The van der Waals surface area contributed by atoms with Crippen molar-refractivity contribution in [1.82, 2.24) is 0 Å². The van der Waals surface area contributed by atoms with Crippen molar-refractivity contribution >= 4 is 15.7 Å². The van der Waals surface area contributed by atoms with Gasteiger partial charge in [0.25, 0.3) is 0 Å². The predicted octanol–water partition coefficient (Wildman–Crippen LogP) is 2.63. The number of nitrogens with one attached hydrogen (secondary N) is 1. The zero-order valence-electron chi connectivity index (χ0n) is 10.4. The van der Waals surface area contributed by atoms with Crippen LogP contribution in [0.5, 0.6) is 0 Å². The predicted molar refractivity (Wildman–Crippen MR) is 71.1 cm³/mol. The first-order chi connectivity index (χ1) is 8.56. The fourth-order valence-corrected chi connectivity index (χ4v) is 6.53. The summed E-state index contributed by atoms with van der Waals surface area (Å²) in [7, 11) is -3.17. The molecule has 18 heavy (non-hydrogen) atoms. The number of hydrogen-bond acceptors (Lipinski definition) is 2. The minimum atomic E-state index is -3.17. The highest BCUT2D eigenvalue weighted by Gasteiger charge is 2.56. The van der Waals surface area contributed by atoms with Gasteiger partial charge in [0.15, 0.2) is 0 Å². The van der Waals surface area contributed by atoms with Crippen molar-refractivity contribution in [3.63, 3.8) is 0 Å². The molecule has 3 aliphatic rings. The molecule has 0 saturated heterocycles. The molecule has 0 unspecified atom stereocenters. The van der Waals surface area contributed by atoms with Gasteiger partial charge < -0.3 is 0 Å². The summed E-state index contributed by atoms with van der Waals surface area (Å²) in [4.78, 5) is 0. The zero-order valence-corrected chi connectivity index (χ0v) is 11.2. The lowest BCUT2D eigenvalue weighted by Gasteiger charge is -2.36. The fraction of sp³-hybridized carbons (Fsp3) is 0.571. The summed E-state index contributed by atoms with van der Waals surface area (Å²) in [5.41, 5.74) is 3.27. The van der Waals surface area contributed by atoms with Crippen LogP contribution in [0, 0.1) is 18.8 Å². The molecule has 4 atom stereocenters. The third-order valence-electron chi connectivity index (χ3n) is 5.02. The van der Waals surface area contributed by atoms with Crippen LogP contribution in [0.2, 0.25) is 0 Å². The Morgan fingerprint density at radius 3 is 2.83 bits per heavy atom. The van der Waals surface area contributed by atoms with Crippen LogP contribution in [0.25, 0.3) is 0 Å². The summed E-state index contributed by atoms with van der Waals surface area (Å²) < 4.78 is 27.6. The van der Waals surface area contributed by atoms with Crippen LogP contribution in [0.4, 0.5) is 5.69 Å². The molecule has 1 aliphatic heterocycles. The summed E-state index contributed by atoms with van der Waals surface area (Å²) in [5, 5.41) is -0.175. The van der Waals surface area contributed by atoms with E-state index >= 15 is 0 Å². The van der Waals surface area contributed by atoms with Crippen LogP contribution in [0.3, 0.4) is 0 Å². The number of aryl methyl sites for hydroxylation is 1. The van der Waals surface area contributed by atoms with Crippen molar-refractivity contribution in [3.05, 3.63) is 29.3 Å². The van der Waals surface area contributed by atoms with Gasteiger partial charge in [-0.25, -0.2) is 8.42 Å². The van der Waals surface area contributed by atoms with Gasteiger partial charge in [-0.15, -0.1) is 0 Å². The van der Waals surface area contributed by atoms with Crippen molar-refractivity contribution in [3.8, 4) is 0 Å². The second kappa shape index (κ2) is 3.29. The van der Waals surface area contributed by atoms with Crippen LogP contribution in [0.15, 0.2) is 18.2 Å². The van der Waals surface area contributed by atoms with E-state index in [0.717, 1.165) is 18.5 Å². The summed E-state index contributed by atoms with van der Waals surface area (Å²) in [6, 6.07) is 6.08. The van der Waals surface area contributed by atoms with Crippen molar-refractivity contribution < 1.29 is 8.42 Å². The average Bonchev–Trinajstić information content (AvgIpc) is 2.90. The van der Waals surface area contributed by atoms with Gasteiger partial charge in [0, 0.05) is 5.92 Å². The highest BCUT2D eigenvalue weighted by Crippen LogP contribution is 2.58. The Morgan fingerprint density at radius 2 is 2.00 bits per heavy atom. The summed E-state index contributed by atoms with van der Waals surface area (Å²) in [6.45, 7) is 2.07. The van der Waals surface area contributed by atoms with E-state index in [4.69, 9.17) is 0 Å². The Morgan fingerprint density at radius 1 is 1.22 bits per heavy atom. The molecular formula is C14H17NO2S. The number of hydrogen-bond donors (Lipinski definition) is 1. The normalized spacial score (nSPS) is 38.9. The minimum absolute atomic E-state index is 0.175. The van der Waals surface area contributed by atoms with Gasteiger partial charge >= 0.3 is 0 Å². The van der Waals surface area contributed by atoms with Gasteiger partial charge in [0.05, 0.1) is 10.9 Å². The molecule has 0 aromatic heterocycles. The first-order valence-electron chi connectivity index (χ1n) is 6.68. The second-order valence-corrected chi connectivity index (χ2v) is 7.90. The molecule has 2 aliphatic carbocycles. The molecule has 96 valence electrons. The van der Waals surface area contributed by atoms with Crippen molar-refractivity contribution in [2.24, 2.45) is 11.8 Å². The fourth-order valence-electron chi connectivity index (χ4n) is 4.39. The summed E-state index contributed by atoms with van der Waals surface area (Å²) in [5.74, 6) is 1.20. The van der Waals surface area contributed by atoms with Gasteiger partial charge in [-0.3, -0.25) is 4.72 Å². The third kappa shape index (κ3) is 1.27. The van der Waals surface area contributed by atoms with Gasteiger partial charge in [-0.1, -0.05) is 17.7 Å². The van der Waals surface area contributed by atoms with Crippen LogP contribution in [-0.2, 0) is 10.0 Å². The molecule has 1 aromatic rings. The largest absolute Gasteiger partial charge is 0.283 e. The Hall–Kier alpha value is -1.03. The Labute approximate surface area is 108 Å². The minimum Gasteiger partial charge on any atom is -0.283 e. The number of benzene rings is 1. The highest BCUT2D eigenvalue weighted by atomic mass is 32.2. The lowest BCUT2D eigenvalue weighted by Crippen LogP contribution is -2.41. The van der Waals surface area contributed by atoms with E-state index in [1.807, 2.05) is 12.1 Å². The molecule has 1 heterocycles. The monoisotopic (exact) mass is 263 g/mol. The number of fused-ring (bicyclic) bond motifs is 7. The maximum atomic E-state index is 12.4. The number of anilines is 1. The standard InChI is InChI=1S/C14H17NO2S/c1-8-2-5-12-11(6-8)13-9-3-4-10(7-9)14(13)18(16,17)15-12/h2,5-6,9-10,13-15H,3-4,7H2,1H3/t9-,10-,13+,14+/m1/s1. The molecule has 4 heteroatoms. The van der Waals surface area contributed by atoms with Crippen molar-refractivity contribution in [2.45, 2.75) is 37.4 Å². The Bertz CT molecular complexity index is 623. The van der Waals surface area contributed by atoms with Crippen molar-refractivity contribution in [1.29, 1.82) is 0 Å². The summed E-state index contributed by atoms with van der Waals surface area (Å²) >= 11 is 0. The van der Waals surface area contributed by atoms with Gasteiger partial charge in [-0.05, 0) is 49.7 Å². The zero-order chi connectivity index (χ0) is 12.5. The summed E-state index contributed by atoms with van der Waals surface area (Å²) in [6.07, 6.45) is 3.40. The van der Waals surface area contributed by atoms with Gasteiger partial charge in [0.2, 0.25) is 10.0 Å². The average molecular weight is 263 g/mol. The number of rotatable bonds is 0.